The third-order valence-electron chi connectivity index (χ3n) is 6.01. The lowest BCUT2D eigenvalue weighted by atomic mass is 10.0. The van der Waals surface area contributed by atoms with Gasteiger partial charge in [0, 0.05) is 6.42 Å². The second-order valence-corrected chi connectivity index (χ2v) is 11.7. The summed E-state index contributed by atoms with van der Waals surface area (Å²) in [6.07, 6.45) is 15.6. The van der Waals surface area contributed by atoms with Crippen LogP contribution in [0, 0.1) is 12.8 Å². The van der Waals surface area contributed by atoms with Gasteiger partial charge in [-0.25, -0.2) is 0 Å². The molecule has 0 bridgehead atoms. The molecular formula is C27H30P+. The summed E-state index contributed by atoms with van der Waals surface area (Å²) in [6, 6.07) is 20.6. The number of hydrogen-bond acceptors (Lipinski definition) is 0. The van der Waals surface area contributed by atoms with Crippen LogP contribution in [0.5, 0.6) is 0 Å². The highest BCUT2D eigenvalue weighted by molar-refractivity contribution is 7.96. The standard InChI is InChI=1S/C27H30P/c1-21-9-15-25(16-10-21)28(24-7-5-4-6-8-24,26-17-11-22(2)12-18-26)27-19-13-23(3)14-20-27/h4-11,13,15-19,22H,12,14,20H2,1-3H3/q+1. The number of rotatable bonds is 4. The van der Waals surface area contributed by atoms with Crippen molar-refractivity contribution in [3.05, 3.63) is 107 Å². The van der Waals surface area contributed by atoms with Gasteiger partial charge >= 0.3 is 0 Å². The Hall–Kier alpha value is -2.17. The fraction of sp³-hybridized carbons (Fsp3) is 0.259. The van der Waals surface area contributed by atoms with Crippen LogP contribution in [0.2, 0.25) is 0 Å². The van der Waals surface area contributed by atoms with Crippen molar-refractivity contribution >= 4 is 17.9 Å². The van der Waals surface area contributed by atoms with Gasteiger partial charge in [0.25, 0.3) is 0 Å². The number of hydrogen-bond donors (Lipinski definition) is 0. The topological polar surface area (TPSA) is 0 Å². The van der Waals surface area contributed by atoms with Crippen molar-refractivity contribution in [2.24, 2.45) is 5.92 Å². The van der Waals surface area contributed by atoms with E-state index in [0.29, 0.717) is 5.92 Å². The highest BCUT2D eigenvalue weighted by Crippen LogP contribution is 2.72. The predicted octanol–water partition coefficient (Wildman–Crippen LogP) is 7.07. The smallest absolute Gasteiger partial charge is 0.0774 e. The predicted molar refractivity (Wildman–Crippen MR) is 126 cm³/mol. The molecule has 2 aliphatic rings. The number of benzene rings is 2. The molecule has 2 aromatic rings. The summed E-state index contributed by atoms with van der Waals surface area (Å²) in [4.78, 5) is 0. The first-order chi connectivity index (χ1) is 13.6. The van der Waals surface area contributed by atoms with E-state index in [4.69, 9.17) is 0 Å². The van der Waals surface area contributed by atoms with Crippen molar-refractivity contribution < 1.29 is 0 Å². The minimum Gasteiger partial charge on any atom is -0.0774 e. The van der Waals surface area contributed by atoms with Crippen molar-refractivity contribution in [2.75, 3.05) is 0 Å². The van der Waals surface area contributed by atoms with Gasteiger partial charge in [-0.05, 0) is 75.1 Å². The van der Waals surface area contributed by atoms with Gasteiger partial charge in [-0.2, -0.15) is 0 Å². The van der Waals surface area contributed by atoms with Gasteiger partial charge in [0.2, 0.25) is 0 Å². The molecule has 0 aromatic heterocycles. The van der Waals surface area contributed by atoms with E-state index in [1.54, 1.807) is 5.31 Å². The zero-order chi connectivity index (χ0) is 19.6. The zero-order valence-corrected chi connectivity index (χ0v) is 18.1. The Morgan fingerprint density at radius 1 is 0.821 bits per heavy atom. The maximum absolute atomic E-state index is 2.53. The highest BCUT2D eigenvalue weighted by atomic mass is 31.2. The van der Waals surface area contributed by atoms with Gasteiger partial charge in [-0.3, -0.25) is 0 Å². The summed E-state index contributed by atoms with van der Waals surface area (Å²) in [6.45, 7) is 6.74. The van der Waals surface area contributed by atoms with E-state index in [2.05, 4.69) is 106 Å². The fourth-order valence-corrected chi connectivity index (χ4v) is 8.88. The van der Waals surface area contributed by atoms with Crippen molar-refractivity contribution in [3.8, 4) is 0 Å². The van der Waals surface area contributed by atoms with Crippen molar-refractivity contribution in [3.63, 3.8) is 0 Å². The van der Waals surface area contributed by atoms with Gasteiger partial charge in [-0.15, -0.1) is 0 Å². The molecule has 0 nitrogen and oxygen atoms in total. The number of aryl methyl sites for hydroxylation is 1. The van der Waals surface area contributed by atoms with E-state index in [1.165, 1.54) is 33.5 Å². The van der Waals surface area contributed by atoms with Crippen molar-refractivity contribution in [1.29, 1.82) is 0 Å². The minimum atomic E-state index is -1.83. The summed E-state index contributed by atoms with van der Waals surface area (Å²) in [7, 11) is -1.83. The molecule has 0 heterocycles. The van der Waals surface area contributed by atoms with Gasteiger partial charge in [0.1, 0.15) is 23.2 Å². The molecule has 0 spiro atoms. The molecule has 0 N–H and O–H groups in total. The first kappa shape index (κ1) is 19.2. The Kier molecular flexibility index (Phi) is 5.51. The van der Waals surface area contributed by atoms with Crippen LogP contribution in [0.3, 0.4) is 0 Å². The van der Waals surface area contributed by atoms with E-state index in [0.717, 1.165) is 12.8 Å². The second-order valence-electron chi connectivity index (χ2n) is 8.21. The Balaban J connectivity index is 2.02. The molecule has 0 saturated heterocycles. The summed E-state index contributed by atoms with van der Waals surface area (Å²) in [5, 5.41) is 6.09. The minimum absolute atomic E-state index is 0.627. The molecule has 2 aromatic carbocycles. The molecule has 1 heteroatoms. The number of allylic oxidation sites excluding steroid dienone is 8. The normalized spacial score (nSPS) is 21.4. The van der Waals surface area contributed by atoms with E-state index < -0.39 is 7.26 Å². The molecule has 2 aliphatic carbocycles. The first-order valence-corrected chi connectivity index (χ1v) is 12.2. The summed E-state index contributed by atoms with van der Waals surface area (Å²) >= 11 is 0. The summed E-state index contributed by atoms with van der Waals surface area (Å²) in [5.41, 5.74) is 2.81. The average Bonchev–Trinajstić information content (AvgIpc) is 2.73. The highest BCUT2D eigenvalue weighted by Gasteiger charge is 2.50. The van der Waals surface area contributed by atoms with Crippen LogP contribution in [0.25, 0.3) is 0 Å². The van der Waals surface area contributed by atoms with Gasteiger partial charge < -0.3 is 0 Å². The van der Waals surface area contributed by atoms with Crippen LogP contribution in [0.1, 0.15) is 38.7 Å². The van der Waals surface area contributed by atoms with Gasteiger partial charge in [-0.1, -0.05) is 60.5 Å². The average molecular weight is 386 g/mol. The van der Waals surface area contributed by atoms with Crippen LogP contribution in [0.15, 0.2) is 101 Å². The third-order valence-corrected chi connectivity index (χ3v) is 10.5. The molecule has 0 aliphatic heterocycles. The van der Waals surface area contributed by atoms with E-state index >= 15 is 0 Å². The molecular weight excluding hydrogens is 355 g/mol. The van der Waals surface area contributed by atoms with Crippen molar-refractivity contribution in [1.82, 2.24) is 0 Å². The second kappa shape index (κ2) is 8.06. The molecule has 0 fully saturated rings. The lowest BCUT2D eigenvalue weighted by molar-refractivity contribution is 0.735. The quantitative estimate of drug-likeness (QED) is 0.494. The lowest BCUT2D eigenvalue weighted by Crippen LogP contribution is -2.26. The molecule has 0 amide bonds. The Bertz CT molecular complexity index is 957. The Labute approximate surface area is 170 Å². The molecule has 2 unspecified atom stereocenters. The van der Waals surface area contributed by atoms with E-state index in [9.17, 15) is 0 Å². The largest absolute Gasteiger partial charge is 0.139 e. The first-order valence-electron chi connectivity index (χ1n) is 10.4. The summed E-state index contributed by atoms with van der Waals surface area (Å²) < 4.78 is 0. The van der Waals surface area contributed by atoms with Crippen LogP contribution in [-0.2, 0) is 0 Å². The Morgan fingerprint density at radius 2 is 1.54 bits per heavy atom. The maximum atomic E-state index is 2.53. The van der Waals surface area contributed by atoms with Crippen molar-refractivity contribution in [2.45, 2.75) is 40.0 Å². The Morgan fingerprint density at radius 3 is 2.14 bits per heavy atom. The molecule has 2 atom stereocenters. The molecule has 142 valence electrons. The zero-order valence-electron chi connectivity index (χ0n) is 17.2. The maximum Gasteiger partial charge on any atom is 0.139 e. The SMILES string of the molecule is CC1=CC=C([P+](C2=CCC(C)C=C2)(c2ccccc2)c2ccc(C)cc2)CC1. The molecule has 0 radical (unpaired) electrons. The molecule has 0 saturated carbocycles. The lowest BCUT2D eigenvalue weighted by Gasteiger charge is -2.32. The van der Waals surface area contributed by atoms with Gasteiger partial charge in [0.05, 0.1) is 5.31 Å². The third kappa shape index (κ3) is 3.47. The fourth-order valence-electron chi connectivity index (χ4n) is 4.34. The van der Waals surface area contributed by atoms with Crippen LogP contribution < -0.4 is 10.6 Å². The van der Waals surface area contributed by atoms with Gasteiger partial charge in [0.15, 0.2) is 0 Å². The van der Waals surface area contributed by atoms with Crippen LogP contribution >= 0.6 is 7.26 Å². The summed E-state index contributed by atoms with van der Waals surface area (Å²) in [5.74, 6) is 0.627. The monoisotopic (exact) mass is 385 g/mol. The van der Waals surface area contributed by atoms with Crippen LogP contribution in [-0.4, -0.2) is 0 Å². The van der Waals surface area contributed by atoms with E-state index in [1.807, 2.05) is 0 Å². The molecule has 28 heavy (non-hydrogen) atoms. The van der Waals surface area contributed by atoms with Crippen LogP contribution in [0.4, 0.5) is 0 Å². The van der Waals surface area contributed by atoms with E-state index in [-0.39, 0.29) is 0 Å². The molecule has 4 rings (SSSR count).